The zero-order chi connectivity index (χ0) is 48.2. The van der Waals surface area contributed by atoms with Crippen LogP contribution in [0.15, 0.2) is 285 Å². The Morgan fingerprint density at radius 1 is 0.260 bits per heavy atom. The maximum atomic E-state index is 2.52. The molecule has 0 saturated heterocycles. The highest BCUT2D eigenvalue weighted by Crippen LogP contribution is 2.48. The second kappa shape index (κ2) is 17.6. The van der Waals surface area contributed by atoms with Crippen LogP contribution in [0.2, 0.25) is 0 Å². The minimum absolute atomic E-state index is 1.08. The van der Waals surface area contributed by atoms with Gasteiger partial charge in [0.1, 0.15) is 0 Å². The van der Waals surface area contributed by atoms with Crippen LogP contribution in [0, 0.1) is 0 Å². The van der Waals surface area contributed by atoms with Gasteiger partial charge in [0.05, 0.1) is 22.2 Å². The van der Waals surface area contributed by atoms with E-state index < -0.39 is 0 Å². The van der Waals surface area contributed by atoms with Gasteiger partial charge in [-0.05, 0) is 128 Å². The maximum absolute atomic E-state index is 2.52. The molecule has 3 nitrogen and oxygen atoms in total. The Morgan fingerprint density at radius 3 is 1.48 bits per heavy atom. The fourth-order valence-electron chi connectivity index (χ4n) is 11.3. The molecule has 3 heteroatoms. The molecule has 0 amide bonds. The van der Waals surface area contributed by atoms with Crippen LogP contribution in [0.3, 0.4) is 0 Å². The minimum Gasteiger partial charge on any atom is -0.310 e. The zero-order valence-corrected chi connectivity index (χ0v) is 40.0. The van der Waals surface area contributed by atoms with Crippen molar-refractivity contribution in [2.45, 2.75) is 0 Å². The van der Waals surface area contributed by atoms with Crippen LogP contribution in [0.25, 0.3) is 110 Å². The monoisotopic (exact) mass is 929 g/mol. The average molecular weight is 930 g/mol. The summed E-state index contributed by atoms with van der Waals surface area (Å²) in [5.41, 5.74) is 18.5. The van der Waals surface area contributed by atoms with Gasteiger partial charge in [0, 0.05) is 55.5 Å². The molecule has 0 aliphatic heterocycles. The van der Waals surface area contributed by atoms with E-state index in [1.807, 2.05) is 0 Å². The Bertz CT molecular complexity index is 4330. The summed E-state index contributed by atoms with van der Waals surface area (Å²) in [4.78, 5) is 2.40. The fraction of sp³-hybridized carbons (Fsp3) is 0. The van der Waals surface area contributed by atoms with Crippen molar-refractivity contribution in [3.8, 4) is 56.0 Å². The lowest BCUT2D eigenvalue weighted by molar-refractivity contribution is 1.14. The molecule has 0 aliphatic carbocycles. The number of benzene rings is 12. The van der Waals surface area contributed by atoms with Crippen LogP contribution in [0.1, 0.15) is 0 Å². The number of hydrogen-bond acceptors (Lipinski definition) is 1. The molecule has 0 fully saturated rings. The molecule has 0 aliphatic rings. The molecule has 14 aromatic rings. The van der Waals surface area contributed by atoms with E-state index in [0.29, 0.717) is 0 Å². The second-order valence-corrected chi connectivity index (χ2v) is 18.9. The van der Waals surface area contributed by atoms with Crippen molar-refractivity contribution in [3.05, 3.63) is 285 Å². The number of anilines is 3. The molecule has 0 N–H and O–H groups in total. The molecule has 2 heterocycles. The number of hydrogen-bond donors (Lipinski definition) is 0. The Morgan fingerprint density at radius 2 is 0.781 bits per heavy atom. The van der Waals surface area contributed by atoms with Crippen molar-refractivity contribution in [1.29, 1.82) is 0 Å². The molecular formula is C70H47N3. The van der Waals surface area contributed by atoms with Gasteiger partial charge in [-0.2, -0.15) is 0 Å². The van der Waals surface area contributed by atoms with Gasteiger partial charge in [-0.15, -0.1) is 0 Å². The SMILES string of the molecule is c1ccc(-c2ccc(N(c3ccc(-c4cc5c(-c6ccccc6)c(-c6ccccc6)n(-c6ccc7ccccc7c6)c5c5ccccc45)cc3)c3ccc4c(c3)c3ccccc3n4-c3ccccc3)cc2)cc1. The molecule has 0 atom stereocenters. The summed E-state index contributed by atoms with van der Waals surface area (Å²) in [6.45, 7) is 0. The number of nitrogens with zero attached hydrogens (tertiary/aromatic N) is 3. The molecular weight excluding hydrogens is 883 g/mol. The first-order chi connectivity index (χ1) is 36.2. The molecule has 0 unspecified atom stereocenters. The third-order valence-corrected chi connectivity index (χ3v) is 14.7. The van der Waals surface area contributed by atoms with Gasteiger partial charge >= 0.3 is 0 Å². The third kappa shape index (κ3) is 7.21. The number of para-hydroxylation sites is 2. The van der Waals surface area contributed by atoms with Gasteiger partial charge in [0.25, 0.3) is 0 Å². The average Bonchev–Trinajstić information content (AvgIpc) is 4.03. The first-order valence-electron chi connectivity index (χ1n) is 25.1. The summed E-state index contributed by atoms with van der Waals surface area (Å²) in [6, 6.07) is 104. The second-order valence-electron chi connectivity index (χ2n) is 18.9. The zero-order valence-electron chi connectivity index (χ0n) is 40.0. The summed E-state index contributed by atoms with van der Waals surface area (Å²) >= 11 is 0. The van der Waals surface area contributed by atoms with E-state index in [-0.39, 0.29) is 0 Å². The lowest BCUT2D eigenvalue weighted by atomic mass is 9.92. The van der Waals surface area contributed by atoms with Crippen molar-refractivity contribution in [2.24, 2.45) is 0 Å². The van der Waals surface area contributed by atoms with Gasteiger partial charge in [0.15, 0.2) is 0 Å². The van der Waals surface area contributed by atoms with Gasteiger partial charge in [0.2, 0.25) is 0 Å². The van der Waals surface area contributed by atoms with Crippen molar-refractivity contribution < 1.29 is 0 Å². The normalized spacial score (nSPS) is 11.6. The molecule has 73 heavy (non-hydrogen) atoms. The van der Waals surface area contributed by atoms with E-state index in [1.54, 1.807) is 0 Å². The summed E-state index contributed by atoms with van der Waals surface area (Å²) in [5.74, 6) is 0. The molecule has 0 radical (unpaired) electrons. The Hall–Kier alpha value is -9.70. The molecule has 0 spiro atoms. The van der Waals surface area contributed by atoms with E-state index in [0.717, 1.165) is 34.0 Å². The third-order valence-electron chi connectivity index (χ3n) is 14.7. The summed E-state index contributed by atoms with van der Waals surface area (Å²) < 4.78 is 4.90. The van der Waals surface area contributed by atoms with Gasteiger partial charge in [-0.3, -0.25) is 0 Å². The Balaban J connectivity index is 0.971. The highest BCUT2D eigenvalue weighted by molar-refractivity contribution is 6.20. The quantitative estimate of drug-likeness (QED) is 0.141. The molecule has 2 aromatic heterocycles. The summed E-state index contributed by atoms with van der Waals surface area (Å²) in [7, 11) is 0. The smallest absolute Gasteiger partial charge is 0.0620 e. The van der Waals surface area contributed by atoms with E-state index in [9.17, 15) is 0 Å². The van der Waals surface area contributed by atoms with Gasteiger partial charge in [-0.1, -0.05) is 206 Å². The molecule has 342 valence electrons. The fourth-order valence-corrected chi connectivity index (χ4v) is 11.3. The largest absolute Gasteiger partial charge is 0.310 e. The number of rotatable bonds is 9. The predicted molar refractivity (Wildman–Crippen MR) is 309 cm³/mol. The van der Waals surface area contributed by atoms with Crippen molar-refractivity contribution in [1.82, 2.24) is 9.13 Å². The van der Waals surface area contributed by atoms with E-state index in [1.165, 1.54) is 93.3 Å². The van der Waals surface area contributed by atoms with Crippen LogP contribution >= 0.6 is 0 Å². The lowest BCUT2D eigenvalue weighted by Crippen LogP contribution is -2.10. The molecule has 12 aromatic carbocycles. The Kier molecular flexibility index (Phi) is 10.2. The van der Waals surface area contributed by atoms with E-state index >= 15 is 0 Å². The van der Waals surface area contributed by atoms with E-state index in [2.05, 4.69) is 299 Å². The Labute approximate surface area is 424 Å². The van der Waals surface area contributed by atoms with Gasteiger partial charge < -0.3 is 14.0 Å². The van der Waals surface area contributed by atoms with Gasteiger partial charge in [-0.25, -0.2) is 0 Å². The van der Waals surface area contributed by atoms with Crippen LogP contribution in [0.4, 0.5) is 17.1 Å². The van der Waals surface area contributed by atoms with Crippen molar-refractivity contribution >= 4 is 71.3 Å². The number of fused-ring (bicyclic) bond motifs is 7. The van der Waals surface area contributed by atoms with Crippen molar-refractivity contribution in [3.63, 3.8) is 0 Å². The number of aromatic nitrogens is 2. The molecule has 0 bridgehead atoms. The first-order valence-corrected chi connectivity index (χ1v) is 25.1. The summed E-state index contributed by atoms with van der Waals surface area (Å²) in [6.07, 6.45) is 0. The maximum Gasteiger partial charge on any atom is 0.0620 e. The lowest BCUT2D eigenvalue weighted by Gasteiger charge is -2.26. The minimum atomic E-state index is 1.08. The highest BCUT2D eigenvalue weighted by Gasteiger charge is 2.25. The highest BCUT2D eigenvalue weighted by atomic mass is 15.1. The van der Waals surface area contributed by atoms with Crippen LogP contribution in [-0.4, -0.2) is 9.13 Å². The van der Waals surface area contributed by atoms with Crippen LogP contribution in [0.5, 0.6) is 0 Å². The van der Waals surface area contributed by atoms with Crippen LogP contribution in [-0.2, 0) is 0 Å². The van der Waals surface area contributed by atoms with Crippen LogP contribution < -0.4 is 4.90 Å². The summed E-state index contributed by atoms with van der Waals surface area (Å²) in [5, 5.41) is 8.48. The van der Waals surface area contributed by atoms with E-state index in [4.69, 9.17) is 0 Å². The predicted octanol–water partition coefficient (Wildman–Crippen LogP) is 19.2. The topological polar surface area (TPSA) is 13.1 Å². The van der Waals surface area contributed by atoms with Crippen molar-refractivity contribution in [2.75, 3.05) is 4.90 Å². The molecule has 14 rings (SSSR count). The first kappa shape index (κ1) is 42.2. The standard InChI is InChI=1S/C70H47N3/c1-5-19-48(20-6-1)50-33-38-56(39-34-50)71(59-43-44-67-64(46-59)61-30-17-18-32-66(61)72(67)55-27-11-4-12-28-55)57-40-36-51(37-41-57)63-47-65-68(52-22-7-2-8-23-52)69(53-24-9-3-10-25-53)73(70(65)62-31-16-15-29-60(62)63)58-42-35-49-21-13-14-26-54(49)45-58/h1-47H. The molecule has 0 saturated carbocycles.